The number of aromatic nitrogens is 2. The fourth-order valence-corrected chi connectivity index (χ4v) is 1.59. The quantitative estimate of drug-likeness (QED) is 0.824. The normalized spacial score (nSPS) is 12.7. The third-order valence-corrected chi connectivity index (χ3v) is 2.56. The van der Waals surface area contributed by atoms with Crippen LogP contribution in [0.4, 0.5) is 0 Å². The molecule has 1 atom stereocenters. The van der Waals surface area contributed by atoms with Crippen LogP contribution in [-0.4, -0.2) is 16.1 Å². The number of benzene rings is 1. The molecule has 0 aliphatic heterocycles. The maximum atomic E-state index is 5.67. The van der Waals surface area contributed by atoms with Gasteiger partial charge >= 0.3 is 0 Å². The lowest BCUT2D eigenvalue weighted by Crippen LogP contribution is -2.12. The van der Waals surface area contributed by atoms with Crippen LogP contribution in [-0.2, 0) is 0 Å². The van der Waals surface area contributed by atoms with Gasteiger partial charge in [0.05, 0.1) is 6.33 Å². The van der Waals surface area contributed by atoms with Crippen LogP contribution in [0.1, 0.15) is 18.5 Å². The van der Waals surface area contributed by atoms with Gasteiger partial charge in [-0.05, 0) is 12.1 Å². The molecule has 0 bridgehead atoms. The SMILES string of the molecule is CC(CN)c1cncn1-c1ccccc1. The highest BCUT2D eigenvalue weighted by molar-refractivity contribution is 5.34. The highest BCUT2D eigenvalue weighted by atomic mass is 15.1. The Morgan fingerprint density at radius 3 is 2.73 bits per heavy atom. The van der Waals surface area contributed by atoms with E-state index in [-0.39, 0.29) is 0 Å². The van der Waals surface area contributed by atoms with Crippen molar-refractivity contribution in [2.24, 2.45) is 5.73 Å². The van der Waals surface area contributed by atoms with Gasteiger partial charge in [-0.3, -0.25) is 0 Å². The summed E-state index contributed by atoms with van der Waals surface area (Å²) in [4.78, 5) is 4.17. The van der Waals surface area contributed by atoms with Crippen LogP contribution in [0.5, 0.6) is 0 Å². The number of hydrogen-bond donors (Lipinski definition) is 1. The molecule has 2 aromatic rings. The molecule has 2 N–H and O–H groups in total. The average Bonchev–Trinajstić information content (AvgIpc) is 2.78. The minimum absolute atomic E-state index is 0.327. The van der Waals surface area contributed by atoms with E-state index in [9.17, 15) is 0 Å². The summed E-state index contributed by atoms with van der Waals surface area (Å²) >= 11 is 0. The average molecular weight is 201 g/mol. The van der Waals surface area contributed by atoms with Gasteiger partial charge in [0.1, 0.15) is 0 Å². The van der Waals surface area contributed by atoms with Crippen molar-refractivity contribution in [3.05, 3.63) is 48.5 Å². The molecule has 3 heteroatoms. The molecule has 78 valence electrons. The summed E-state index contributed by atoms with van der Waals surface area (Å²) in [5.41, 5.74) is 7.96. The van der Waals surface area contributed by atoms with E-state index in [4.69, 9.17) is 5.73 Å². The lowest BCUT2D eigenvalue weighted by molar-refractivity contribution is 0.723. The van der Waals surface area contributed by atoms with Crippen molar-refractivity contribution in [1.82, 2.24) is 9.55 Å². The first-order chi connectivity index (χ1) is 7.33. The maximum absolute atomic E-state index is 5.67. The summed E-state index contributed by atoms with van der Waals surface area (Å²) in [5.74, 6) is 0.327. The molecular weight excluding hydrogens is 186 g/mol. The fraction of sp³-hybridized carbons (Fsp3) is 0.250. The van der Waals surface area contributed by atoms with E-state index < -0.39 is 0 Å². The molecule has 1 aromatic carbocycles. The first-order valence-electron chi connectivity index (χ1n) is 5.10. The molecule has 0 amide bonds. The Kier molecular flexibility index (Phi) is 2.83. The van der Waals surface area contributed by atoms with Gasteiger partial charge in [0.15, 0.2) is 0 Å². The van der Waals surface area contributed by atoms with Gasteiger partial charge in [0.25, 0.3) is 0 Å². The summed E-state index contributed by atoms with van der Waals surface area (Å²) in [6.45, 7) is 2.75. The minimum atomic E-state index is 0.327. The highest BCUT2D eigenvalue weighted by Crippen LogP contribution is 2.17. The van der Waals surface area contributed by atoms with Crippen LogP contribution in [0.15, 0.2) is 42.9 Å². The summed E-state index contributed by atoms with van der Waals surface area (Å²) < 4.78 is 2.08. The zero-order valence-electron chi connectivity index (χ0n) is 8.80. The number of nitrogens with zero attached hydrogens (tertiary/aromatic N) is 2. The molecule has 0 aliphatic carbocycles. The van der Waals surface area contributed by atoms with Crippen LogP contribution < -0.4 is 5.73 Å². The van der Waals surface area contributed by atoms with Gasteiger partial charge < -0.3 is 10.3 Å². The molecule has 0 saturated heterocycles. The summed E-state index contributed by atoms with van der Waals surface area (Å²) in [7, 11) is 0. The predicted octanol–water partition coefficient (Wildman–Crippen LogP) is 1.93. The smallest absolute Gasteiger partial charge is 0.0994 e. The third kappa shape index (κ3) is 1.92. The Morgan fingerprint density at radius 1 is 1.33 bits per heavy atom. The van der Waals surface area contributed by atoms with E-state index >= 15 is 0 Å². The molecular formula is C12H15N3. The number of hydrogen-bond acceptors (Lipinski definition) is 2. The van der Waals surface area contributed by atoms with Crippen molar-refractivity contribution in [1.29, 1.82) is 0 Å². The zero-order valence-corrected chi connectivity index (χ0v) is 8.80. The number of nitrogens with two attached hydrogens (primary N) is 1. The van der Waals surface area contributed by atoms with Crippen LogP contribution in [0.2, 0.25) is 0 Å². The molecule has 0 spiro atoms. The van der Waals surface area contributed by atoms with Crippen molar-refractivity contribution >= 4 is 0 Å². The van der Waals surface area contributed by atoms with Crippen LogP contribution in [0.3, 0.4) is 0 Å². The summed E-state index contributed by atoms with van der Waals surface area (Å²) in [6, 6.07) is 10.2. The van der Waals surface area contributed by atoms with Crippen molar-refractivity contribution in [2.45, 2.75) is 12.8 Å². The maximum Gasteiger partial charge on any atom is 0.0994 e. The minimum Gasteiger partial charge on any atom is -0.330 e. The molecule has 1 heterocycles. The molecule has 1 aromatic heterocycles. The number of imidazole rings is 1. The molecule has 3 nitrogen and oxygen atoms in total. The van der Waals surface area contributed by atoms with Gasteiger partial charge in [-0.1, -0.05) is 25.1 Å². The van der Waals surface area contributed by atoms with Crippen LogP contribution in [0, 0.1) is 0 Å². The van der Waals surface area contributed by atoms with Gasteiger partial charge in [0.2, 0.25) is 0 Å². The van der Waals surface area contributed by atoms with Gasteiger partial charge in [-0.2, -0.15) is 0 Å². The van der Waals surface area contributed by atoms with E-state index in [2.05, 4.69) is 28.6 Å². The van der Waals surface area contributed by atoms with Gasteiger partial charge in [-0.15, -0.1) is 0 Å². The molecule has 0 saturated carbocycles. The Balaban J connectivity index is 2.41. The first-order valence-corrected chi connectivity index (χ1v) is 5.10. The highest BCUT2D eigenvalue weighted by Gasteiger charge is 2.09. The van der Waals surface area contributed by atoms with Crippen molar-refractivity contribution in [2.75, 3.05) is 6.54 Å². The molecule has 0 aliphatic rings. The molecule has 2 rings (SSSR count). The zero-order chi connectivity index (χ0) is 10.7. The second-order valence-corrected chi connectivity index (χ2v) is 3.66. The van der Waals surface area contributed by atoms with E-state index in [1.165, 1.54) is 0 Å². The Morgan fingerprint density at radius 2 is 2.07 bits per heavy atom. The Labute approximate surface area is 89.6 Å². The van der Waals surface area contributed by atoms with Crippen molar-refractivity contribution in [3.63, 3.8) is 0 Å². The first kappa shape index (κ1) is 9.93. The standard InChI is InChI=1S/C12H15N3/c1-10(7-13)12-8-14-9-15(12)11-5-3-2-4-6-11/h2-6,8-10H,7,13H2,1H3. The second-order valence-electron chi connectivity index (χ2n) is 3.66. The Bertz CT molecular complexity index is 419. The molecule has 15 heavy (non-hydrogen) atoms. The van der Waals surface area contributed by atoms with Gasteiger partial charge in [-0.25, -0.2) is 4.98 Å². The van der Waals surface area contributed by atoms with E-state index in [0.29, 0.717) is 12.5 Å². The second kappa shape index (κ2) is 4.28. The summed E-state index contributed by atoms with van der Waals surface area (Å²) in [6.07, 6.45) is 3.71. The Hall–Kier alpha value is -1.61. The van der Waals surface area contributed by atoms with Crippen molar-refractivity contribution in [3.8, 4) is 5.69 Å². The molecule has 1 unspecified atom stereocenters. The van der Waals surface area contributed by atoms with Crippen LogP contribution in [0.25, 0.3) is 5.69 Å². The predicted molar refractivity (Wildman–Crippen MR) is 61.0 cm³/mol. The number of rotatable bonds is 3. The lowest BCUT2D eigenvalue weighted by Gasteiger charge is -2.12. The summed E-state index contributed by atoms with van der Waals surface area (Å²) in [5, 5.41) is 0. The van der Waals surface area contributed by atoms with E-state index in [0.717, 1.165) is 11.4 Å². The lowest BCUT2D eigenvalue weighted by atomic mass is 10.1. The number of para-hydroxylation sites is 1. The molecule has 0 fully saturated rings. The van der Waals surface area contributed by atoms with E-state index in [1.807, 2.05) is 30.7 Å². The monoisotopic (exact) mass is 201 g/mol. The molecule has 0 radical (unpaired) electrons. The topological polar surface area (TPSA) is 43.8 Å². The fourth-order valence-electron chi connectivity index (χ4n) is 1.59. The van der Waals surface area contributed by atoms with Crippen molar-refractivity contribution < 1.29 is 0 Å². The third-order valence-electron chi connectivity index (χ3n) is 2.56. The van der Waals surface area contributed by atoms with Gasteiger partial charge in [0, 0.05) is 30.0 Å². The van der Waals surface area contributed by atoms with E-state index in [1.54, 1.807) is 0 Å². The van der Waals surface area contributed by atoms with Crippen LogP contribution >= 0.6 is 0 Å². The largest absolute Gasteiger partial charge is 0.330 e.